The van der Waals surface area contributed by atoms with E-state index in [9.17, 15) is 18.3 Å². The van der Waals surface area contributed by atoms with Crippen LogP contribution in [0.1, 0.15) is 44.9 Å². The molecule has 1 aliphatic carbocycles. The van der Waals surface area contributed by atoms with Gasteiger partial charge in [-0.15, -0.1) is 0 Å². The first kappa shape index (κ1) is 15.8. The number of rotatable bonds is 5. The zero-order valence-corrected chi connectivity index (χ0v) is 16.7. The first-order valence-electron chi connectivity index (χ1n) is 12.5. The molecule has 2 fully saturated rings. The predicted octanol–water partition coefficient (Wildman–Crippen LogP) is 3.66. The molecule has 1 atom stereocenters. The maximum absolute atomic E-state index is 14.3. The summed E-state index contributed by atoms with van der Waals surface area (Å²) in [6.07, 6.45) is -6.35. The number of benzene rings is 1. The van der Waals surface area contributed by atoms with E-state index in [1.54, 1.807) is 4.57 Å². The minimum atomic E-state index is -2.32. The molecule has 3 heterocycles. The van der Waals surface area contributed by atoms with Gasteiger partial charge in [-0.3, -0.25) is 4.57 Å². The fourth-order valence-electron chi connectivity index (χ4n) is 3.70. The minimum Gasteiger partial charge on any atom is -0.393 e. The van der Waals surface area contributed by atoms with Crippen molar-refractivity contribution in [1.29, 1.82) is 0 Å². The highest BCUT2D eigenvalue weighted by Crippen LogP contribution is 2.32. The zero-order valence-electron chi connectivity index (χ0n) is 21.7. The van der Waals surface area contributed by atoms with Crippen LogP contribution in [-0.2, 0) is 4.74 Å². The summed E-state index contributed by atoms with van der Waals surface area (Å²) in [4.78, 5) is 12.8. The van der Waals surface area contributed by atoms with Crippen LogP contribution in [0.25, 0.3) is 11.2 Å². The number of imidazole rings is 1. The van der Waals surface area contributed by atoms with E-state index in [0.717, 1.165) is 0 Å². The zero-order chi connectivity index (χ0) is 26.8. The van der Waals surface area contributed by atoms with E-state index in [4.69, 9.17) is 11.6 Å². The van der Waals surface area contributed by atoms with Gasteiger partial charge >= 0.3 is 0 Å². The molecule has 1 unspecified atom stereocenters. The quantitative estimate of drug-likeness (QED) is 0.542. The number of fused-ring (bicyclic) bond motifs is 1. The van der Waals surface area contributed by atoms with Crippen LogP contribution in [0.5, 0.6) is 0 Å². The summed E-state index contributed by atoms with van der Waals surface area (Å²) >= 11 is 0. The smallest absolute Gasteiger partial charge is 0.224 e. The molecule has 3 N–H and O–H groups in total. The highest BCUT2D eigenvalue weighted by Gasteiger charge is 2.27. The van der Waals surface area contributed by atoms with Gasteiger partial charge < -0.3 is 20.5 Å². The standard InChI is InChI=1S/C21H23F3N6O2/c22-11-7-15(23)18(16(24)8-11)28-21-27-17-9-25-20(26-12-1-3-14(31)4-2-12)29-19(17)30(21)13-5-6-32-10-13/h7-9,12-14,31H,1-6,10H2,(H,27,28)(H,25,26,29)/i1D2,2D2,14D. The number of anilines is 3. The van der Waals surface area contributed by atoms with E-state index in [-0.39, 0.29) is 35.7 Å². The van der Waals surface area contributed by atoms with Crippen LogP contribution in [0.2, 0.25) is 0 Å². The molecule has 0 radical (unpaired) electrons. The SMILES string of the molecule is [2H]C1(O)CC([2H])([2H])C(Nc2ncc3nc(Nc4c(F)cc(F)cc4F)n(C4CCOC4)c3n2)C([2H])([2H])C1. The summed E-state index contributed by atoms with van der Waals surface area (Å²) in [5, 5.41) is 15.3. The average molecular weight is 453 g/mol. The number of halogens is 3. The van der Waals surface area contributed by atoms with E-state index in [2.05, 4.69) is 25.6 Å². The molecular formula is C21H23F3N6O2. The van der Waals surface area contributed by atoms with Gasteiger partial charge in [0.15, 0.2) is 17.3 Å². The Morgan fingerprint density at radius 3 is 2.59 bits per heavy atom. The van der Waals surface area contributed by atoms with Crippen molar-refractivity contribution < 1.29 is 29.9 Å². The number of nitrogens with zero attached hydrogens (tertiary/aromatic N) is 4. The highest BCUT2D eigenvalue weighted by atomic mass is 19.1. The molecule has 1 saturated heterocycles. The first-order valence-corrected chi connectivity index (χ1v) is 9.99. The largest absolute Gasteiger partial charge is 0.393 e. The van der Waals surface area contributed by atoms with Crippen LogP contribution >= 0.6 is 0 Å². The maximum Gasteiger partial charge on any atom is 0.224 e. The summed E-state index contributed by atoms with van der Waals surface area (Å²) in [6, 6.07) is -0.770. The third kappa shape index (κ3) is 4.09. The lowest BCUT2D eigenvalue weighted by Crippen LogP contribution is -2.29. The third-order valence-corrected chi connectivity index (χ3v) is 5.24. The number of ether oxygens (including phenoxy) is 1. The molecule has 2 aliphatic rings. The Bertz CT molecular complexity index is 1310. The van der Waals surface area contributed by atoms with Crippen molar-refractivity contribution >= 4 is 28.7 Å². The molecule has 2 aromatic heterocycles. The highest BCUT2D eigenvalue weighted by molar-refractivity contribution is 5.76. The van der Waals surface area contributed by atoms with Gasteiger partial charge in [-0.2, -0.15) is 4.98 Å². The Morgan fingerprint density at radius 2 is 1.91 bits per heavy atom. The fraction of sp³-hybridized carbons (Fsp3) is 0.476. The molecule has 1 aliphatic heterocycles. The lowest BCUT2D eigenvalue weighted by Gasteiger charge is -2.26. The number of aliphatic hydroxyl groups is 1. The van der Waals surface area contributed by atoms with Gasteiger partial charge in [0.05, 0.1) is 26.3 Å². The molecule has 8 nitrogen and oxygen atoms in total. The predicted molar refractivity (Wildman–Crippen MR) is 111 cm³/mol. The topological polar surface area (TPSA) is 97.1 Å². The normalized spacial score (nSPS) is 31.3. The van der Waals surface area contributed by atoms with Crippen LogP contribution in [0, 0.1) is 17.5 Å². The Balaban J connectivity index is 1.54. The molecular weight excluding hydrogens is 425 g/mol. The average Bonchev–Trinajstić information content (AvgIpc) is 3.38. The molecule has 3 aromatic rings. The van der Waals surface area contributed by atoms with Gasteiger partial charge in [0.1, 0.15) is 17.0 Å². The lowest BCUT2D eigenvalue weighted by molar-refractivity contribution is 0.126. The van der Waals surface area contributed by atoms with Crippen LogP contribution in [0.3, 0.4) is 0 Å². The maximum atomic E-state index is 14.3. The van der Waals surface area contributed by atoms with E-state index in [1.165, 1.54) is 6.20 Å². The van der Waals surface area contributed by atoms with Crippen LogP contribution in [0.15, 0.2) is 18.3 Å². The van der Waals surface area contributed by atoms with Crippen molar-refractivity contribution in [3.05, 3.63) is 35.8 Å². The van der Waals surface area contributed by atoms with Crippen molar-refractivity contribution in [3.8, 4) is 0 Å². The molecule has 170 valence electrons. The number of hydrogen-bond acceptors (Lipinski definition) is 7. The van der Waals surface area contributed by atoms with Crippen LogP contribution in [0.4, 0.5) is 30.8 Å². The van der Waals surface area contributed by atoms with Crippen molar-refractivity contribution in [2.24, 2.45) is 0 Å². The Morgan fingerprint density at radius 1 is 1.16 bits per heavy atom. The molecule has 1 saturated carbocycles. The second kappa shape index (κ2) is 8.55. The third-order valence-electron chi connectivity index (χ3n) is 5.24. The summed E-state index contributed by atoms with van der Waals surface area (Å²) in [6.45, 7) is 0.662. The van der Waals surface area contributed by atoms with Crippen LogP contribution < -0.4 is 10.6 Å². The molecule has 11 heteroatoms. The molecule has 1 aromatic carbocycles. The lowest BCUT2D eigenvalue weighted by atomic mass is 9.93. The molecule has 5 rings (SSSR count). The summed E-state index contributed by atoms with van der Waals surface area (Å²) in [7, 11) is 0. The molecule has 32 heavy (non-hydrogen) atoms. The van der Waals surface area contributed by atoms with E-state index < -0.39 is 60.8 Å². The number of nitrogens with one attached hydrogen (secondary N) is 2. The van der Waals surface area contributed by atoms with Gasteiger partial charge in [-0.25, -0.2) is 23.1 Å². The van der Waals surface area contributed by atoms with Crippen molar-refractivity contribution in [2.75, 3.05) is 23.8 Å². The molecule has 0 spiro atoms. The Labute approximate surface area is 188 Å². The second-order valence-corrected chi connectivity index (χ2v) is 7.50. The van der Waals surface area contributed by atoms with Crippen molar-refractivity contribution in [2.45, 2.75) is 50.2 Å². The molecule has 0 amide bonds. The van der Waals surface area contributed by atoms with Gasteiger partial charge in [0.25, 0.3) is 0 Å². The summed E-state index contributed by atoms with van der Waals surface area (Å²) in [5.74, 6) is -3.56. The van der Waals surface area contributed by atoms with Gasteiger partial charge in [-0.05, 0) is 32.0 Å². The minimum absolute atomic E-state index is 0.0102. The Hall–Kier alpha value is -2.92. The van der Waals surface area contributed by atoms with Crippen molar-refractivity contribution in [3.63, 3.8) is 0 Å². The molecule has 0 bridgehead atoms. The van der Waals surface area contributed by atoms with Crippen molar-refractivity contribution in [1.82, 2.24) is 19.5 Å². The van der Waals surface area contributed by atoms with Gasteiger partial charge in [0.2, 0.25) is 11.9 Å². The fourth-order valence-corrected chi connectivity index (χ4v) is 3.70. The monoisotopic (exact) mass is 453 g/mol. The summed E-state index contributed by atoms with van der Waals surface area (Å²) in [5.41, 5.74) is -0.194. The Kier molecular flexibility index (Phi) is 4.22. The van der Waals surface area contributed by atoms with Gasteiger partial charge in [-0.1, -0.05) is 0 Å². The number of hydrogen-bond donors (Lipinski definition) is 3. The van der Waals surface area contributed by atoms with E-state index in [0.29, 0.717) is 25.2 Å². The second-order valence-electron chi connectivity index (χ2n) is 7.50. The van der Waals surface area contributed by atoms with E-state index in [1.807, 2.05) is 0 Å². The van der Waals surface area contributed by atoms with Gasteiger partial charge in [0, 0.05) is 30.3 Å². The number of aromatic nitrogens is 4. The van der Waals surface area contributed by atoms with E-state index >= 15 is 0 Å². The first-order chi connectivity index (χ1) is 17.3. The summed E-state index contributed by atoms with van der Waals surface area (Å²) < 4.78 is 89.9. The van der Waals surface area contributed by atoms with Crippen LogP contribution in [-0.4, -0.2) is 50.0 Å².